The Morgan fingerprint density at radius 1 is 1.38 bits per heavy atom. The molecule has 0 aromatic rings. The maximum Gasteiger partial charge on any atom is 0.328 e. The highest BCUT2D eigenvalue weighted by molar-refractivity contribution is 5.80. The molecule has 0 radical (unpaired) electrons. The molecule has 0 heterocycles. The van der Waals surface area contributed by atoms with E-state index in [0.29, 0.717) is 31.0 Å². The molecule has 4 atom stereocenters. The zero-order valence-corrected chi connectivity index (χ0v) is 14.6. The molecule has 1 fully saturated rings. The van der Waals surface area contributed by atoms with Crippen molar-refractivity contribution < 1.29 is 14.3 Å². The zero-order chi connectivity index (χ0) is 16.0. The van der Waals surface area contributed by atoms with Gasteiger partial charge >= 0.3 is 5.97 Å². The highest BCUT2D eigenvalue weighted by Crippen LogP contribution is 2.35. The van der Waals surface area contributed by atoms with Crippen molar-refractivity contribution in [3.63, 3.8) is 0 Å². The average molecular weight is 299 g/mol. The number of esters is 1. The fourth-order valence-electron chi connectivity index (χ4n) is 3.10. The van der Waals surface area contributed by atoms with Gasteiger partial charge in [0.1, 0.15) is 5.54 Å². The van der Waals surface area contributed by atoms with Crippen LogP contribution in [0.25, 0.3) is 0 Å². The second-order valence-electron chi connectivity index (χ2n) is 6.98. The molecule has 0 aromatic carbocycles. The predicted molar refractivity (Wildman–Crippen MR) is 85.2 cm³/mol. The Bertz CT molecular complexity index is 332. The van der Waals surface area contributed by atoms with Crippen molar-refractivity contribution >= 4 is 5.97 Å². The predicted octanol–water partition coefficient (Wildman–Crippen LogP) is 3.01. The van der Waals surface area contributed by atoms with Gasteiger partial charge in [0.15, 0.2) is 0 Å². The van der Waals surface area contributed by atoms with Gasteiger partial charge in [-0.2, -0.15) is 0 Å². The van der Waals surface area contributed by atoms with Crippen LogP contribution in [0.2, 0.25) is 0 Å². The lowest BCUT2D eigenvalue weighted by molar-refractivity contribution is -0.155. The molecule has 0 bridgehead atoms. The molecule has 1 aliphatic rings. The van der Waals surface area contributed by atoms with E-state index in [4.69, 9.17) is 9.47 Å². The Labute approximate surface area is 130 Å². The number of carbonyl (C=O) groups is 1. The first kappa shape index (κ1) is 18.4. The van der Waals surface area contributed by atoms with Gasteiger partial charge in [-0.3, -0.25) is 0 Å². The number of hydrogen-bond donors (Lipinski definition) is 1. The van der Waals surface area contributed by atoms with Crippen molar-refractivity contribution in [2.45, 2.75) is 65.5 Å². The van der Waals surface area contributed by atoms with Gasteiger partial charge < -0.3 is 14.8 Å². The van der Waals surface area contributed by atoms with Crippen LogP contribution >= 0.6 is 0 Å². The van der Waals surface area contributed by atoms with Gasteiger partial charge in [0.05, 0.1) is 19.3 Å². The molecule has 0 saturated heterocycles. The summed E-state index contributed by atoms with van der Waals surface area (Å²) in [5.41, 5.74) is -0.766. The highest BCUT2D eigenvalue weighted by Gasteiger charge is 2.37. The minimum Gasteiger partial charge on any atom is -0.465 e. The Morgan fingerprint density at radius 2 is 2.05 bits per heavy atom. The van der Waals surface area contributed by atoms with E-state index in [1.54, 1.807) is 7.05 Å². The zero-order valence-electron chi connectivity index (χ0n) is 14.6. The van der Waals surface area contributed by atoms with Crippen molar-refractivity contribution in [1.29, 1.82) is 0 Å². The van der Waals surface area contributed by atoms with Gasteiger partial charge in [-0.1, -0.05) is 27.2 Å². The number of carbonyl (C=O) groups excluding carboxylic acids is 1. The summed E-state index contributed by atoms with van der Waals surface area (Å²) in [4.78, 5) is 12.1. The van der Waals surface area contributed by atoms with E-state index in [-0.39, 0.29) is 12.1 Å². The molecule has 124 valence electrons. The second kappa shape index (κ2) is 8.14. The van der Waals surface area contributed by atoms with Crippen LogP contribution in [0.15, 0.2) is 0 Å². The summed E-state index contributed by atoms with van der Waals surface area (Å²) >= 11 is 0. The molecule has 0 aliphatic heterocycles. The summed E-state index contributed by atoms with van der Waals surface area (Å²) in [6.07, 6.45) is 3.84. The van der Waals surface area contributed by atoms with E-state index < -0.39 is 5.54 Å². The average Bonchev–Trinajstić information content (AvgIpc) is 2.44. The standard InChI is InChI=1S/C17H33NO3/c1-7-20-16(19)17(5,18-6)11-21-15-10-13(4)8-9-14(15)12(2)3/h12-15,18H,7-11H2,1-6H3. The highest BCUT2D eigenvalue weighted by atomic mass is 16.5. The van der Waals surface area contributed by atoms with Crippen LogP contribution in [0, 0.1) is 17.8 Å². The normalized spacial score (nSPS) is 29.2. The summed E-state index contributed by atoms with van der Waals surface area (Å²) < 4.78 is 11.3. The quantitative estimate of drug-likeness (QED) is 0.734. The molecule has 21 heavy (non-hydrogen) atoms. The summed E-state index contributed by atoms with van der Waals surface area (Å²) in [6.45, 7) is 11.2. The van der Waals surface area contributed by atoms with Crippen molar-refractivity contribution in [1.82, 2.24) is 5.32 Å². The molecule has 0 amide bonds. The molecule has 1 aliphatic carbocycles. The Hall–Kier alpha value is -0.610. The van der Waals surface area contributed by atoms with E-state index in [1.165, 1.54) is 12.8 Å². The minimum atomic E-state index is -0.766. The number of likely N-dealkylation sites (N-methyl/N-ethyl adjacent to an activating group) is 1. The second-order valence-corrected chi connectivity index (χ2v) is 6.98. The van der Waals surface area contributed by atoms with Crippen LogP contribution in [0.1, 0.15) is 53.9 Å². The lowest BCUT2D eigenvalue weighted by Gasteiger charge is -2.39. The summed E-state index contributed by atoms with van der Waals surface area (Å²) in [5, 5.41) is 3.06. The van der Waals surface area contributed by atoms with Gasteiger partial charge in [-0.05, 0) is 51.5 Å². The van der Waals surface area contributed by atoms with Crippen LogP contribution in [0.3, 0.4) is 0 Å². The van der Waals surface area contributed by atoms with E-state index in [2.05, 4.69) is 26.1 Å². The lowest BCUT2D eigenvalue weighted by atomic mass is 9.75. The van der Waals surface area contributed by atoms with E-state index in [9.17, 15) is 4.79 Å². The van der Waals surface area contributed by atoms with Gasteiger partial charge in [0.2, 0.25) is 0 Å². The fraction of sp³-hybridized carbons (Fsp3) is 0.941. The number of ether oxygens (including phenoxy) is 2. The molecule has 1 N–H and O–H groups in total. The molecular weight excluding hydrogens is 266 g/mol. The van der Waals surface area contributed by atoms with Crippen LogP contribution in [0.5, 0.6) is 0 Å². The first-order valence-corrected chi connectivity index (χ1v) is 8.31. The van der Waals surface area contributed by atoms with Crippen molar-refractivity contribution in [3.05, 3.63) is 0 Å². The van der Waals surface area contributed by atoms with Gasteiger partial charge in [0, 0.05) is 0 Å². The smallest absolute Gasteiger partial charge is 0.328 e. The third-order valence-corrected chi connectivity index (χ3v) is 4.83. The maximum absolute atomic E-state index is 12.1. The molecule has 1 rings (SSSR count). The molecule has 0 spiro atoms. The number of nitrogens with one attached hydrogen (secondary N) is 1. The van der Waals surface area contributed by atoms with Crippen LogP contribution in [-0.4, -0.2) is 37.9 Å². The molecular formula is C17H33NO3. The Morgan fingerprint density at radius 3 is 2.57 bits per heavy atom. The molecule has 1 saturated carbocycles. The van der Waals surface area contributed by atoms with Crippen LogP contribution < -0.4 is 5.32 Å². The topological polar surface area (TPSA) is 47.6 Å². The summed E-state index contributed by atoms with van der Waals surface area (Å²) in [7, 11) is 1.78. The summed E-state index contributed by atoms with van der Waals surface area (Å²) in [5.74, 6) is 1.67. The third kappa shape index (κ3) is 4.96. The van der Waals surface area contributed by atoms with E-state index in [1.807, 2.05) is 13.8 Å². The lowest BCUT2D eigenvalue weighted by Crippen LogP contribution is -2.53. The van der Waals surface area contributed by atoms with Gasteiger partial charge in [-0.15, -0.1) is 0 Å². The molecule has 0 aromatic heterocycles. The fourth-order valence-corrected chi connectivity index (χ4v) is 3.10. The monoisotopic (exact) mass is 299 g/mol. The van der Waals surface area contributed by atoms with E-state index >= 15 is 0 Å². The van der Waals surface area contributed by atoms with Crippen molar-refractivity contribution in [2.24, 2.45) is 17.8 Å². The van der Waals surface area contributed by atoms with Crippen molar-refractivity contribution in [3.8, 4) is 0 Å². The summed E-state index contributed by atoms with van der Waals surface area (Å²) in [6, 6.07) is 0. The largest absolute Gasteiger partial charge is 0.465 e. The van der Waals surface area contributed by atoms with Crippen LogP contribution in [-0.2, 0) is 14.3 Å². The Kier molecular flexibility index (Phi) is 7.14. The molecule has 4 nitrogen and oxygen atoms in total. The number of hydrogen-bond acceptors (Lipinski definition) is 4. The minimum absolute atomic E-state index is 0.238. The van der Waals surface area contributed by atoms with E-state index in [0.717, 1.165) is 6.42 Å². The van der Waals surface area contributed by atoms with Crippen molar-refractivity contribution in [2.75, 3.05) is 20.3 Å². The Balaban J connectivity index is 2.66. The maximum atomic E-state index is 12.1. The SMILES string of the molecule is CCOC(=O)C(C)(COC1CC(C)CCC1C(C)C)NC. The number of rotatable bonds is 7. The third-order valence-electron chi connectivity index (χ3n) is 4.83. The van der Waals surface area contributed by atoms with Gasteiger partial charge in [-0.25, -0.2) is 4.79 Å². The van der Waals surface area contributed by atoms with Crippen LogP contribution in [0.4, 0.5) is 0 Å². The first-order chi connectivity index (χ1) is 9.84. The molecule has 4 unspecified atom stereocenters. The first-order valence-electron chi connectivity index (χ1n) is 8.31. The van der Waals surface area contributed by atoms with Gasteiger partial charge in [0.25, 0.3) is 0 Å². The molecule has 4 heteroatoms.